The van der Waals surface area contributed by atoms with Gasteiger partial charge in [-0.1, -0.05) is 31.4 Å². The number of aromatic hydroxyl groups is 1. The normalized spacial score (nSPS) is 14.9. The van der Waals surface area contributed by atoms with Gasteiger partial charge in [0.1, 0.15) is 23.3 Å². The predicted octanol–water partition coefficient (Wildman–Crippen LogP) is 4.75. The van der Waals surface area contributed by atoms with E-state index in [2.05, 4.69) is 5.32 Å². The Kier molecular flexibility index (Phi) is 7.18. The largest absolute Gasteiger partial charge is 0.508 e. The summed E-state index contributed by atoms with van der Waals surface area (Å²) in [5.74, 6) is -0.970. The number of benzene rings is 2. The number of hydrogen-bond acceptors (Lipinski definition) is 5. The molecule has 198 valence electrons. The van der Waals surface area contributed by atoms with Gasteiger partial charge in [0.15, 0.2) is 5.69 Å². The summed E-state index contributed by atoms with van der Waals surface area (Å²) in [6.45, 7) is 0. The van der Waals surface area contributed by atoms with E-state index in [9.17, 15) is 19.1 Å². The first-order valence-corrected chi connectivity index (χ1v) is 12.9. The average molecular weight is 519 g/mol. The van der Waals surface area contributed by atoms with Gasteiger partial charge in [-0.3, -0.25) is 4.79 Å². The molecule has 0 bridgehead atoms. The van der Waals surface area contributed by atoms with Crippen molar-refractivity contribution in [2.45, 2.75) is 50.5 Å². The fourth-order valence-electron chi connectivity index (χ4n) is 5.41. The Bertz CT molecular complexity index is 1450. The fraction of sp³-hybridized carbons (Fsp3) is 0.345. The highest BCUT2D eigenvalue weighted by Crippen LogP contribution is 2.39. The maximum Gasteiger partial charge on any atom is 0.328 e. The Morgan fingerprint density at radius 3 is 2.45 bits per heavy atom. The van der Waals surface area contributed by atoms with Crippen LogP contribution in [0.25, 0.3) is 16.9 Å². The number of esters is 1. The molecule has 0 spiro atoms. The van der Waals surface area contributed by atoms with Crippen molar-refractivity contribution in [1.29, 1.82) is 0 Å². The smallest absolute Gasteiger partial charge is 0.328 e. The van der Waals surface area contributed by atoms with Crippen molar-refractivity contribution in [3.63, 3.8) is 0 Å². The Hall–Kier alpha value is -4.14. The molecule has 8 nitrogen and oxygen atoms in total. The van der Waals surface area contributed by atoms with Gasteiger partial charge in [-0.15, -0.1) is 0 Å². The minimum absolute atomic E-state index is 0.117. The van der Waals surface area contributed by atoms with E-state index in [1.54, 1.807) is 30.3 Å². The van der Waals surface area contributed by atoms with Crippen LogP contribution >= 0.6 is 0 Å². The van der Waals surface area contributed by atoms with Gasteiger partial charge in [-0.25, -0.2) is 13.7 Å². The monoisotopic (exact) mass is 518 g/mol. The Morgan fingerprint density at radius 1 is 1.11 bits per heavy atom. The number of nitrogens with one attached hydrogen (secondary N) is 1. The lowest BCUT2D eigenvalue weighted by molar-refractivity contribution is -0.142. The molecule has 1 unspecified atom stereocenters. The van der Waals surface area contributed by atoms with Crippen LogP contribution in [0.1, 0.15) is 59.8 Å². The number of fused-ring (bicyclic) bond motifs is 1. The zero-order valence-electron chi connectivity index (χ0n) is 21.5. The van der Waals surface area contributed by atoms with Crippen molar-refractivity contribution < 1.29 is 23.8 Å². The number of hydrogen-bond donors (Lipinski definition) is 2. The summed E-state index contributed by atoms with van der Waals surface area (Å²) >= 11 is 0. The zero-order chi connectivity index (χ0) is 26.8. The SMILES string of the molecule is COC(=O)C(Cc1ccc(O)cc1)NC(=O)c1cc2n(C)c(-c3ccc(F)cc3)c(C3CCCCC3)n2n1. The highest BCUT2D eigenvalue weighted by Gasteiger charge is 2.29. The van der Waals surface area contributed by atoms with Crippen LogP contribution in [0.2, 0.25) is 0 Å². The first kappa shape index (κ1) is 25.5. The van der Waals surface area contributed by atoms with Crippen LogP contribution in [0, 0.1) is 5.82 Å². The lowest BCUT2D eigenvalue weighted by Gasteiger charge is -2.22. The van der Waals surface area contributed by atoms with Crippen molar-refractivity contribution >= 4 is 17.5 Å². The Morgan fingerprint density at radius 2 is 1.79 bits per heavy atom. The molecule has 2 heterocycles. The van der Waals surface area contributed by atoms with Crippen LogP contribution in [0.4, 0.5) is 4.39 Å². The van der Waals surface area contributed by atoms with Crippen LogP contribution in [-0.4, -0.2) is 44.3 Å². The summed E-state index contributed by atoms with van der Waals surface area (Å²) in [5.41, 5.74) is 4.57. The molecule has 0 aliphatic heterocycles. The quantitative estimate of drug-likeness (QED) is 0.344. The Labute approximate surface area is 220 Å². The fourth-order valence-corrected chi connectivity index (χ4v) is 5.41. The number of ether oxygens (including phenoxy) is 1. The maximum absolute atomic E-state index is 13.7. The van der Waals surface area contributed by atoms with E-state index in [4.69, 9.17) is 9.84 Å². The van der Waals surface area contributed by atoms with Gasteiger partial charge in [0.25, 0.3) is 5.91 Å². The van der Waals surface area contributed by atoms with E-state index in [1.165, 1.54) is 37.8 Å². The second-order valence-corrected chi connectivity index (χ2v) is 9.85. The third-order valence-electron chi connectivity index (χ3n) is 7.35. The van der Waals surface area contributed by atoms with Crippen molar-refractivity contribution in [3.05, 3.63) is 77.4 Å². The summed E-state index contributed by atoms with van der Waals surface area (Å²) < 4.78 is 22.4. The molecule has 1 aliphatic rings. The van der Waals surface area contributed by atoms with E-state index in [-0.39, 0.29) is 29.6 Å². The van der Waals surface area contributed by atoms with Crippen molar-refractivity contribution in [2.75, 3.05) is 7.11 Å². The highest BCUT2D eigenvalue weighted by molar-refractivity contribution is 5.96. The summed E-state index contributed by atoms with van der Waals surface area (Å²) in [4.78, 5) is 25.8. The maximum atomic E-state index is 13.7. The number of aryl methyl sites for hydroxylation is 1. The van der Waals surface area contributed by atoms with E-state index in [0.29, 0.717) is 0 Å². The number of phenols is 1. The predicted molar refractivity (Wildman–Crippen MR) is 140 cm³/mol. The van der Waals surface area contributed by atoms with E-state index in [1.807, 2.05) is 16.1 Å². The summed E-state index contributed by atoms with van der Waals surface area (Å²) in [6.07, 6.45) is 5.68. The molecule has 0 radical (unpaired) electrons. The number of nitrogens with zero attached hydrogens (tertiary/aromatic N) is 3. The molecular formula is C29H31FN4O4. The van der Waals surface area contributed by atoms with Crippen LogP contribution in [0.3, 0.4) is 0 Å². The van der Waals surface area contributed by atoms with Gasteiger partial charge in [-0.05, 0) is 54.8 Å². The zero-order valence-corrected chi connectivity index (χ0v) is 21.5. The van der Waals surface area contributed by atoms with Crippen LogP contribution in [0.5, 0.6) is 5.75 Å². The number of amides is 1. The molecule has 2 aromatic carbocycles. The van der Waals surface area contributed by atoms with E-state index in [0.717, 1.165) is 53.8 Å². The number of carbonyl (C=O) groups is 2. The number of methoxy groups -OCH3 is 1. The summed E-state index contributed by atoms with van der Waals surface area (Å²) in [6, 6.07) is 13.7. The minimum Gasteiger partial charge on any atom is -0.508 e. The van der Waals surface area contributed by atoms with Gasteiger partial charge in [0.05, 0.1) is 18.5 Å². The minimum atomic E-state index is -0.922. The summed E-state index contributed by atoms with van der Waals surface area (Å²) in [5, 5.41) is 17.0. The third-order valence-corrected chi connectivity index (χ3v) is 7.35. The second-order valence-electron chi connectivity index (χ2n) is 9.85. The lowest BCUT2D eigenvalue weighted by atomic mass is 9.85. The number of imidazole rings is 1. The number of rotatable bonds is 7. The van der Waals surface area contributed by atoms with Crippen LogP contribution in [0.15, 0.2) is 54.6 Å². The lowest BCUT2D eigenvalue weighted by Crippen LogP contribution is -2.43. The number of phenolic OH excluding ortho intramolecular Hbond substituents is 1. The first-order chi connectivity index (χ1) is 18.4. The molecule has 38 heavy (non-hydrogen) atoms. The first-order valence-electron chi connectivity index (χ1n) is 12.9. The Balaban J connectivity index is 1.49. The molecule has 0 saturated heterocycles. The molecule has 1 amide bonds. The molecule has 4 aromatic rings. The average Bonchev–Trinajstić information content (AvgIpc) is 3.48. The topological polar surface area (TPSA) is 97.9 Å². The highest BCUT2D eigenvalue weighted by atomic mass is 19.1. The van der Waals surface area contributed by atoms with Gasteiger partial charge >= 0.3 is 5.97 Å². The molecule has 5 rings (SSSR count). The molecule has 1 atom stereocenters. The van der Waals surface area contributed by atoms with Crippen LogP contribution in [-0.2, 0) is 23.0 Å². The van der Waals surface area contributed by atoms with Crippen LogP contribution < -0.4 is 5.32 Å². The molecule has 1 saturated carbocycles. The van der Waals surface area contributed by atoms with Gasteiger partial charge in [0, 0.05) is 31.0 Å². The van der Waals surface area contributed by atoms with E-state index >= 15 is 0 Å². The van der Waals surface area contributed by atoms with Crippen molar-refractivity contribution in [1.82, 2.24) is 19.5 Å². The molecule has 1 fully saturated rings. The summed E-state index contributed by atoms with van der Waals surface area (Å²) in [7, 11) is 3.20. The van der Waals surface area contributed by atoms with Gasteiger partial charge in [-0.2, -0.15) is 5.10 Å². The molecule has 2 aromatic heterocycles. The molecule has 2 N–H and O–H groups in total. The van der Waals surface area contributed by atoms with Gasteiger partial charge in [0.2, 0.25) is 0 Å². The standard InChI is InChI=1S/C29H31FN4O4/c1-33-25-17-23(28(36)31-24(29(37)38-2)16-18-8-14-22(35)15-9-18)32-34(25)27(19-6-4-3-5-7-19)26(33)20-10-12-21(30)13-11-20/h8-15,17,19,24,35H,3-7,16H2,1-2H3,(H,31,36). The van der Waals surface area contributed by atoms with Gasteiger partial charge < -0.3 is 19.7 Å². The molecule has 9 heteroatoms. The third kappa shape index (κ3) is 5.01. The van der Waals surface area contributed by atoms with Crippen molar-refractivity contribution in [3.8, 4) is 17.0 Å². The van der Waals surface area contributed by atoms with Crippen molar-refractivity contribution in [2.24, 2.45) is 7.05 Å². The number of carbonyl (C=O) groups excluding carboxylic acids is 2. The molecular weight excluding hydrogens is 487 g/mol. The second kappa shape index (κ2) is 10.7. The number of halogens is 1. The number of aromatic nitrogens is 3. The van der Waals surface area contributed by atoms with E-state index < -0.39 is 17.9 Å². The molecule has 1 aliphatic carbocycles.